The Hall–Kier alpha value is -2.44. The van der Waals surface area contributed by atoms with E-state index in [1.807, 2.05) is 39.0 Å². The number of nitrogens with one attached hydrogen (secondary N) is 2. The molecule has 136 valence electrons. The van der Waals surface area contributed by atoms with Gasteiger partial charge in [0, 0.05) is 17.6 Å². The Morgan fingerprint density at radius 3 is 2.31 bits per heavy atom. The van der Waals surface area contributed by atoms with Crippen LogP contribution < -0.4 is 10.3 Å². The minimum atomic E-state index is -3.58. The van der Waals surface area contributed by atoms with Gasteiger partial charge < -0.3 is 4.98 Å². The number of pyridine rings is 1. The minimum Gasteiger partial charge on any atom is -0.322 e. The number of rotatable bonds is 5. The van der Waals surface area contributed by atoms with Crippen molar-refractivity contribution in [2.24, 2.45) is 0 Å². The largest absolute Gasteiger partial charge is 0.322 e. The van der Waals surface area contributed by atoms with E-state index in [1.165, 1.54) is 0 Å². The number of aromatic amines is 1. The van der Waals surface area contributed by atoms with Crippen molar-refractivity contribution < 1.29 is 8.42 Å². The number of benzene rings is 2. The van der Waals surface area contributed by atoms with Crippen molar-refractivity contribution in [1.82, 2.24) is 9.71 Å². The summed E-state index contributed by atoms with van der Waals surface area (Å²) in [5, 5.41) is 0.948. The number of H-pyrrole nitrogens is 1. The quantitative estimate of drug-likeness (QED) is 0.725. The van der Waals surface area contributed by atoms with Gasteiger partial charge in [-0.15, -0.1) is 0 Å². The molecule has 0 bridgehead atoms. The van der Waals surface area contributed by atoms with Crippen molar-refractivity contribution in [3.05, 3.63) is 75.1 Å². The SMILES string of the molecule is Cc1ccc(S(=O)(=O)NCCc2cc3cc(C)c(C)cc3[nH]c2=O)cc1. The Kier molecular flexibility index (Phi) is 4.98. The molecule has 0 unspecified atom stereocenters. The van der Waals surface area contributed by atoms with Crippen LogP contribution in [0, 0.1) is 20.8 Å². The van der Waals surface area contributed by atoms with Crippen LogP contribution >= 0.6 is 0 Å². The van der Waals surface area contributed by atoms with Crippen LogP contribution in [0.1, 0.15) is 22.3 Å². The van der Waals surface area contributed by atoms with E-state index in [2.05, 4.69) is 9.71 Å². The van der Waals surface area contributed by atoms with Crippen LogP contribution in [0.15, 0.2) is 52.2 Å². The summed E-state index contributed by atoms with van der Waals surface area (Å²) in [6.07, 6.45) is 0.323. The van der Waals surface area contributed by atoms with Crippen molar-refractivity contribution in [1.29, 1.82) is 0 Å². The molecule has 2 N–H and O–H groups in total. The molecule has 3 rings (SSSR count). The molecule has 0 fully saturated rings. The highest BCUT2D eigenvalue weighted by Gasteiger charge is 2.13. The second-order valence-corrected chi connectivity index (χ2v) is 8.38. The predicted octanol–water partition coefficient (Wildman–Crippen LogP) is 2.97. The fourth-order valence-electron chi connectivity index (χ4n) is 2.83. The molecule has 0 saturated heterocycles. The fraction of sp³-hybridized carbons (Fsp3) is 0.250. The Morgan fingerprint density at radius 1 is 0.962 bits per heavy atom. The maximum atomic E-state index is 12.3. The average molecular weight is 370 g/mol. The molecule has 3 aromatic rings. The normalized spacial score (nSPS) is 11.8. The molecule has 5 nitrogen and oxygen atoms in total. The summed E-state index contributed by atoms with van der Waals surface area (Å²) in [4.78, 5) is 15.4. The van der Waals surface area contributed by atoms with Gasteiger partial charge in [0.05, 0.1) is 4.90 Å². The highest BCUT2D eigenvalue weighted by Crippen LogP contribution is 2.17. The Labute approximate surface area is 153 Å². The van der Waals surface area contributed by atoms with E-state index in [1.54, 1.807) is 24.3 Å². The summed E-state index contributed by atoms with van der Waals surface area (Å²) in [6, 6.07) is 12.5. The Bertz CT molecular complexity index is 1110. The topological polar surface area (TPSA) is 79.0 Å². The second-order valence-electron chi connectivity index (χ2n) is 6.61. The third kappa shape index (κ3) is 3.86. The van der Waals surface area contributed by atoms with Crippen molar-refractivity contribution in [2.75, 3.05) is 6.54 Å². The Morgan fingerprint density at radius 2 is 1.62 bits per heavy atom. The molecule has 0 aliphatic carbocycles. The zero-order chi connectivity index (χ0) is 18.9. The molecular formula is C20H22N2O3S. The van der Waals surface area contributed by atoms with E-state index in [4.69, 9.17) is 0 Å². The second kappa shape index (κ2) is 7.05. The first-order valence-electron chi connectivity index (χ1n) is 8.46. The van der Waals surface area contributed by atoms with Crippen LogP contribution in [0.2, 0.25) is 0 Å². The third-order valence-corrected chi connectivity index (χ3v) is 6.03. The summed E-state index contributed by atoms with van der Waals surface area (Å²) in [7, 11) is -3.58. The van der Waals surface area contributed by atoms with Crippen LogP contribution in [0.4, 0.5) is 0 Å². The molecular weight excluding hydrogens is 348 g/mol. The third-order valence-electron chi connectivity index (χ3n) is 4.55. The van der Waals surface area contributed by atoms with E-state index in [0.29, 0.717) is 12.0 Å². The molecule has 1 heterocycles. The highest BCUT2D eigenvalue weighted by atomic mass is 32.2. The molecule has 0 spiro atoms. The summed E-state index contributed by atoms with van der Waals surface area (Å²) in [5.74, 6) is 0. The van der Waals surface area contributed by atoms with Crippen LogP contribution in [0.25, 0.3) is 10.9 Å². The first kappa shape index (κ1) is 18.4. The smallest absolute Gasteiger partial charge is 0.251 e. The van der Waals surface area contributed by atoms with Crippen molar-refractivity contribution >= 4 is 20.9 Å². The van der Waals surface area contributed by atoms with Crippen molar-refractivity contribution in [3.8, 4) is 0 Å². The van der Waals surface area contributed by atoms with Gasteiger partial charge in [-0.05, 0) is 74.0 Å². The summed E-state index contributed by atoms with van der Waals surface area (Å²) in [6.45, 7) is 6.09. The average Bonchev–Trinajstić information content (AvgIpc) is 2.57. The van der Waals surface area contributed by atoms with Crippen molar-refractivity contribution in [2.45, 2.75) is 32.1 Å². The lowest BCUT2D eigenvalue weighted by Crippen LogP contribution is -2.27. The molecule has 0 radical (unpaired) electrons. The molecule has 0 atom stereocenters. The fourth-order valence-corrected chi connectivity index (χ4v) is 3.86. The number of aryl methyl sites for hydroxylation is 3. The van der Waals surface area contributed by atoms with Gasteiger partial charge in [0.25, 0.3) is 5.56 Å². The molecule has 2 aromatic carbocycles. The first-order chi connectivity index (χ1) is 12.3. The maximum Gasteiger partial charge on any atom is 0.251 e. The van der Waals surface area contributed by atoms with Gasteiger partial charge in [-0.1, -0.05) is 17.7 Å². The van der Waals surface area contributed by atoms with Crippen LogP contribution in [-0.2, 0) is 16.4 Å². The molecule has 6 heteroatoms. The van der Waals surface area contributed by atoms with Gasteiger partial charge in [-0.25, -0.2) is 13.1 Å². The highest BCUT2D eigenvalue weighted by molar-refractivity contribution is 7.89. The predicted molar refractivity (Wildman–Crippen MR) is 104 cm³/mol. The van der Waals surface area contributed by atoms with E-state index in [9.17, 15) is 13.2 Å². The molecule has 0 amide bonds. The zero-order valence-corrected chi connectivity index (χ0v) is 15.9. The molecule has 0 aliphatic heterocycles. The molecule has 26 heavy (non-hydrogen) atoms. The van der Waals surface area contributed by atoms with Gasteiger partial charge in [-0.2, -0.15) is 0 Å². The molecule has 0 aliphatic rings. The summed E-state index contributed by atoms with van der Waals surface area (Å²) < 4.78 is 27.2. The monoisotopic (exact) mass is 370 g/mol. The van der Waals surface area contributed by atoms with E-state index in [0.717, 1.165) is 27.6 Å². The minimum absolute atomic E-state index is 0.162. The van der Waals surface area contributed by atoms with E-state index >= 15 is 0 Å². The number of hydrogen-bond acceptors (Lipinski definition) is 3. The lowest BCUT2D eigenvalue weighted by molar-refractivity contribution is 0.581. The molecule has 1 aromatic heterocycles. The van der Waals surface area contributed by atoms with Crippen LogP contribution in [-0.4, -0.2) is 19.9 Å². The summed E-state index contributed by atoms with van der Waals surface area (Å²) in [5.41, 5.74) is 4.43. The molecule has 0 saturated carbocycles. The lowest BCUT2D eigenvalue weighted by Gasteiger charge is -2.08. The van der Waals surface area contributed by atoms with Crippen molar-refractivity contribution in [3.63, 3.8) is 0 Å². The van der Waals surface area contributed by atoms with Gasteiger partial charge in [0.2, 0.25) is 10.0 Å². The zero-order valence-electron chi connectivity index (χ0n) is 15.1. The van der Waals surface area contributed by atoms with Gasteiger partial charge >= 0.3 is 0 Å². The standard InChI is InChI=1S/C20H22N2O3S/c1-13-4-6-18(7-5-13)26(24,25)21-9-8-16-12-17-10-14(2)15(3)11-19(17)22-20(16)23/h4-7,10-12,21H,8-9H2,1-3H3,(H,22,23). The number of hydrogen-bond donors (Lipinski definition) is 2. The van der Waals surface area contributed by atoms with E-state index < -0.39 is 10.0 Å². The van der Waals surface area contributed by atoms with E-state index in [-0.39, 0.29) is 17.0 Å². The lowest BCUT2D eigenvalue weighted by atomic mass is 10.0. The van der Waals surface area contributed by atoms with Gasteiger partial charge in [0.15, 0.2) is 0 Å². The van der Waals surface area contributed by atoms with Gasteiger partial charge in [0.1, 0.15) is 0 Å². The van der Waals surface area contributed by atoms with Crippen LogP contribution in [0.3, 0.4) is 0 Å². The number of sulfonamides is 1. The summed E-state index contributed by atoms with van der Waals surface area (Å²) >= 11 is 0. The van der Waals surface area contributed by atoms with Crippen LogP contribution in [0.5, 0.6) is 0 Å². The number of fused-ring (bicyclic) bond motifs is 1. The number of aromatic nitrogens is 1. The first-order valence-corrected chi connectivity index (χ1v) is 9.94. The maximum absolute atomic E-state index is 12.3. The van der Waals surface area contributed by atoms with Gasteiger partial charge in [-0.3, -0.25) is 4.79 Å². The Balaban J connectivity index is 1.77.